The SMILES string of the molecule is CN(CC(=O)N1CCNC(=O)C1)c1nc2ccccc2s1. The first-order valence-electron chi connectivity index (χ1n) is 6.74. The third kappa shape index (κ3) is 2.97. The summed E-state index contributed by atoms with van der Waals surface area (Å²) in [4.78, 5) is 31.5. The van der Waals surface area contributed by atoms with Crippen LogP contribution in [0.25, 0.3) is 10.2 Å². The number of benzene rings is 1. The van der Waals surface area contributed by atoms with E-state index in [2.05, 4.69) is 10.3 Å². The van der Waals surface area contributed by atoms with E-state index in [1.54, 1.807) is 16.2 Å². The van der Waals surface area contributed by atoms with E-state index in [4.69, 9.17) is 0 Å². The third-order valence-electron chi connectivity index (χ3n) is 3.37. The molecular formula is C14H16N4O2S. The van der Waals surface area contributed by atoms with Gasteiger partial charge >= 0.3 is 0 Å². The monoisotopic (exact) mass is 304 g/mol. The molecular weight excluding hydrogens is 288 g/mol. The zero-order valence-corrected chi connectivity index (χ0v) is 12.5. The lowest BCUT2D eigenvalue weighted by atomic mass is 10.3. The molecule has 21 heavy (non-hydrogen) atoms. The third-order valence-corrected chi connectivity index (χ3v) is 4.52. The molecule has 0 spiro atoms. The highest BCUT2D eigenvalue weighted by Crippen LogP contribution is 2.27. The Labute approximate surface area is 126 Å². The van der Waals surface area contributed by atoms with E-state index in [-0.39, 0.29) is 24.9 Å². The molecule has 1 aromatic heterocycles. The van der Waals surface area contributed by atoms with Gasteiger partial charge in [-0.1, -0.05) is 23.5 Å². The maximum Gasteiger partial charge on any atom is 0.242 e. The molecule has 0 aliphatic carbocycles. The highest BCUT2D eigenvalue weighted by molar-refractivity contribution is 7.22. The van der Waals surface area contributed by atoms with Gasteiger partial charge in [-0.05, 0) is 12.1 Å². The van der Waals surface area contributed by atoms with Crippen molar-refractivity contribution >= 4 is 38.5 Å². The number of aromatic nitrogens is 1. The van der Waals surface area contributed by atoms with Crippen LogP contribution in [0, 0.1) is 0 Å². The molecule has 2 heterocycles. The average Bonchev–Trinajstić information content (AvgIpc) is 2.91. The number of carbonyl (C=O) groups is 2. The second kappa shape index (κ2) is 5.69. The predicted molar refractivity (Wildman–Crippen MR) is 82.5 cm³/mol. The van der Waals surface area contributed by atoms with Crippen molar-refractivity contribution in [2.45, 2.75) is 0 Å². The first-order chi connectivity index (χ1) is 10.1. The molecule has 1 aromatic carbocycles. The summed E-state index contributed by atoms with van der Waals surface area (Å²) in [6, 6.07) is 7.90. The molecule has 0 atom stereocenters. The van der Waals surface area contributed by atoms with Crippen LogP contribution in [0.2, 0.25) is 0 Å². The summed E-state index contributed by atoms with van der Waals surface area (Å²) in [6.45, 7) is 1.47. The fraction of sp³-hybridized carbons (Fsp3) is 0.357. The molecule has 6 nitrogen and oxygen atoms in total. The summed E-state index contributed by atoms with van der Waals surface area (Å²) in [5, 5.41) is 3.52. The number of nitrogens with zero attached hydrogens (tertiary/aromatic N) is 3. The van der Waals surface area contributed by atoms with Gasteiger partial charge in [0.25, 0.3) is 0 Å². The Morgan fingerprint density at radius 1 is 1.48 bits per heavy atom. The number of fused-ring (bicyclic) bond motifs is 1. The van der Waals surface area contributed by atoms with Gasteiger partial charge in [-0.3, -0.25) is 9.59 Å². The number of piperazine rings is 1. The topological polar surface area (TPSA) is 65.5 Å². The van der Waals surface area contributed by atoms with Gasteiger partial charge in [0.1, 0.15) is 0 Å². The van der Waals surface area contributed by atoms with Crippen LogP contribution in [0.1, 0.15) is 0 Å². The number of likely N-dealkylation sites (N-methyl/N-ethyl adjacent to an activating group) is 1. The number of rotatable bonds is 3. The number of para-hydroxylation sites is 1. The Balaban J connectivity index is 1.69. The minimum Gasteiger partial charge on any atom is -0.353 e. The molecule has 3 rings (SSSR count). The highest BCUT2D eigenvalue weighted by atomic mass is 32.1. The van der Waals surface area contributed by atoms with Gasteiger partial charge < -0.3 is 15.1 Å². The number of nitrogens with one attached hydrogen (secondary N) is 1. The average molecular weight is 304 g/mol. The Morgan fingerprint density at radius 2 is 2.29 bits per heavy atom. The molecule has 0 saturated carbocycles. The van der Waals surface area contributed by atoms with Gasteiger partial charge in [-0.2, -0.15) is 0 Å². The van der Waals surface area contributed by atoms with E-state index >= 15 is 0 Å². The van der Waals surface area contributed by atoms with Gasteiger partial charge in [0.2, 0.25) is 11.8 Å². The molecule has 2 amide bonds. The molecule has 0 unspecified atom stereocenters. The standard InChI is InChI=1S/C14H16N4O2S/c1-17(9-13(20)18-7-6-15-12(19)8-18)14-16-10-4-2-3-5-11(10)21-14/h2-5H,6-9H2,1H3,(H,15,19). The number of anilines is 1. The largest absolute Gasteiger partial charge is 0.353 e. The molecule has 1 aliphatic heterocycles. The van der Waals surface area contributed by atoms with Crippen molar-refractivity contribution in [2.24, 2.45) is 0 Å². The van der Waals surface area contributed by atoms with Crippen LogP contribution in [-0.4, -0.2) is 54.9 Å². The minimum atomic E-state index is -0.0998. The second-order valence-electron chi connectivity index (χ2n) is 4.99. The number of hydrogen-bond donors (Lipinski definition) is 1. The highest BCUT2D eigenvalue weighted by Gasteiger charge is 2.22. The van der Waals surface area contributed by atoms with E-state index < -0.39 is 0 Å². The zero-order chi connectivity index (χ0) is 14.8. The van der Waals surface area contributed by atoms with Crippen molar-refractivity contribution < 1.29 is 9.59 Å². The fourth-order valence-corrected chi connectivity index (χ4v) is 3.17. The Morgan fingerprint density at radius 3 is 3.05 bits per heavy atom. The van der Waals surface area contributed by atoms with Crippen LogP contribution in [0.5, 0.6) is 0 Å². The lowest BCUT2D eigenvalue weighted by molar-refractivity contribution is -0.137. The molecule has 1 saturated heterocycles. The molecule has 0 radical (unpaired) electrons. The molecule has 1 aliphatic rings. The summed E-state index contributed by atoms with van der Waals surface area (Å²) in [5.74, 6) is -0.149. The van der Waals surface area contributed by atoms with Crippen LogP contribution in [0.3, 0.4) is 0 Å². The normalized spacial score (nSPS) is 15.1. The van der Waals surface area contributed by atoms with Crippen LogP contribution in [-0.2, 0) is 9.59 Å². The molecule has 2 aromatic rings. The lowest BCUT2D eigenvalue weighted by Crippen LogP contribution is -2.52. The van der Waals surface area contributed by atoms with Crippen molar-refractivity contribution in [3.05, 3.63) is 24.3 Å². The van der Waals surface area contributed by atoms with Crippen LogP contribution in [0.15, 0.2) is 24.3 Å². The Kier molecular flexibility index (Phi) is 3.74. The number of amides is 2. The number of hydrogen-bond acceptors (Lipinski definition) is 5. The summed E-state index contributed by atoms with van der Waals surface area (Å²) < 4.78 is 1.10. The fourth-order valence-electron chi connectivity index (χ4n) is 2.25. The summed E-state index contributed by atoms with van der Waals surface area (Å²) in [5.41, 5.74) is 0.939. The van der Waals surface area contributed by atoms with Crippen molar-refractivity contribution in [3.63, 3.8) is 0 Å². The quantitative estimate of drug-likeness (QED) is 0.906. The van der Waals surface area contributed by atoms with E-state index in [0.29, 0.717) is 13.1 Å². The van der Waals surface area contributed by atoms with Gasteiger partial charge in [0, 0.05) is 20.1 Å². The summed E-state index contributed by atoms with van der Waals surface area (Å²) in [6.07, 6.45) is 0. The number of thiazole rings is 1. The van der Waals surface area contributed by atoms with E-state index in [9.17, 15) is 9.59 Å². The van der Waals surface area contributed by atoms with Gasteiger partial charge in [-0.15, -0.1) is 0 Å². The summed E-state index contributed by atoms with van der Waals surface area (Å²) >= 11 is 1.56. The summed E-state index contributed by atoms with van der Waals surface area (Å²) in [7, 11) is 1.85. The molecule has 110 valence electrons. The Bertz CT molecular complexity index is 651. The molecule has 0 bridgehead atoms. The molecule has 1 N–H and O–H groups in total. The van der Waals surface area contributed by atoms with Gasteiger partial charge in [-0.25, -0.2) is 4.98 Å². The van der Waals surface area contributed by atoms with Crippen molar-refractivity contribution in [1.82, 2.24) is 15.2 Å². The second-order valence-corrected chi connectivity index (χ2v) is 5.99. The van der Waals surface area contributed by atoms with Crippen LogP contribution < -0.4 is 10.2 Å². The maximum absolute atomic E-state index is 12.2. The van der Waals surface area contributed by atoms with Crippen LogP contribution in [0.4, 0.5) is 5.13 Å². The van der Waals surface area contributed by atoms with E-state index in [0.717, 1.165) is 15.3 Å². The predicted octanol–water partition coefficient (Wildman–Crippen LogP) is 0.691. The molecule has 7 heteroatoms. The zero-order valence-electron chi connectivity index (χ0n) is 11.7. The van der Waals surface area contributed by atoms with Crippen molar-refractivity contribution in [1.29, 1.82) is 0 Å². The van der Waals surface area contributed by atoms with E-state index in [1.165, 1.54) is 0 Å². The smallest absolute Gasteiger partial charge is 0.242 e. The van der Waals surface area contributed by atoms with E-state index in [1.807, 2.05) is 36.2 Å². The first kappa shape index (κ1) is 13.8. The number of carbonyl (C=O) groups excluding carboxylic acids is 2. The van der Waals surface area contributed by atoms with Crippen molar-refractivity contribution in [2.75, 3.05) is 38.1 Å². The van der Waals surface area contributed by atoms with Gasteiger partial charge in [0.05, 0.1) is 23.3 Å². The maximum atomic E-state index is 12.2. The first-order valence-corrected chi connectivity index (χ1v) is 7.56. The van der Waals surface area contributed by atoms with Crippen LogP contribution >= 0.6 is 11.3 Å². The Hall–Kier alpha value is -2.15. The van der Waals surface area contributed by atoms with Gasteiger partial charge in [0.15, 0.2) is 5.13 Å². The minimum absolute atomic E-state index is 0.0494. The molecule has 1 fully saturated rings. The lowest BCUT2D eigenvalue weighted by Gasteiger charge is -2.28. The van der Waals surface area contributed by atoms with Crippen molar-refractivity contribution in [3.8, 4) is 0 Å².